The molecule has 0 saturated carbocycles. The van der Waals surface area contributed by atoms with Gasteiger partial charge in [0.05, 0.1) is 23.7 Å². The molecule has 1 aromatic carbocycles. The van der Waals surface area contributed by atoms with Crippen LogP contribution in [0.5, 0.6) is 0 Å². The standard InChI is InChI=1S/C18H15ClF2N4O/c19-9-16(26)13-10-22-25-7-5-17(23-18(13)25)24-6-1-2-15(24)12-8-11(20)3-4-14(12)21/h3-5,7-8,10,15H,1-2,6,9H2/t15-/m1/s1. The number of benzene rings is 1. The van der Waals surface area contributed by atoms with E-state index in [9.17, 15) is 13.6 Å². The topological polar surface area (TPSA) is 50.5 Å². The van der Waals surface area contributed by atoms with E-state index in [1.165, 1.54) is 16.8 Å². The van der Waals surface area contributed by atoms with E-state index < -0.39 is 11.6 Å². The van der Waals surface area contributed by atoms with Gasteiger partial charge in [-0.2, -0.15) is 5.10 Å². The molecule has 5 nitrogen and oxygen atoms in total. The van der Waals surface area contributed by atoms with Crippen molar-refractivity contribution in [3.05, 3.63) is 59.4 Å². The van der Waals surface area contributed by atoms with Crippen molar-refractivity contribution in [2.24, 2.45) is 0 Å². The molecule has 3 heterocycles. The van der Waals surface area contributed by atoms with Crippen LogP contribution in [-0.2, 0) is 0 Å². The number of halogens is 3. The molecule has 1 saturated heterocycles. The van der Waals surface area contributed by atoms with Gasteiger partial charge in [0.1, 0.15) is 17.5 Å². The van der Waals surface area contributed by atoms with Crippen LogP contribution in [0, 0.1) is 11.6 Å². The third-order valence-corrected chi connectivity index (χ3v) is 4.88. The largest absolute Gasteiger partial charge is 0.349 e. The van der Waals surface area contributed by atoms with Gasteiger partial charge in [0.15, 0.2) is 11.4 Å². The second-order valence-corrected chi connectivity index (χ2v) is 6.45. The molecular formula is C18H15ClF2N4O. The summed E-state index contributed by atoms with van der Waals surface area (Å²) in [6.07, 6.45) is 4.66. The van der Waals surface area contributed by atoms with Crippen molar-refractivity contribution in [3.8, 4) is 0 Å². The number of Topliss-reactive ketones (excluding diaryl/α,β-unsaturated/α-hetero) is 1. The third-order valence-electron chi connectivity index (χ3n) is 4.64. The van der Waals surface area contributed by atoms with Crippen LogP contribution in [-0.4, -0.2) is 32.8 Å². The molecule has 0 amide bonds. The Kier molecular flexibility index (Phi) is 4.32. The fourth-order valence-electron chi connectivity index (χ4n) is 3.42. The fraction of sp³-hybridized carbons (Fsp3) is 0.278. The predicted octanol–water partition coefficient (Wildman–Crippen LogP) is 3.77. The number of carbonyl (C=O) groups is 1. The molecule has 4 rings (SSSR count). The Hall–Kier alpha value is -2.54. The number of rotatable bonds is 4. The number of hydrogen-bond acceptors (Lipinski definition) is 4. The minimum atomic E-state index is -0.470. The van der Waals surface area contributed by atoms with E-state index in [1.54, 1.807) is 12.3 Å². The first-order valence-electron chi connectivity index (χ1n) is 8.23. The quantitative estimate of drug-likeness (QED) is 0.513. The van der Waals surface area contributed by atoms with E-state index in [1.807, 2.05) is 4.90 Å². The molecule has 0 bridgehead atoms. The summed E-state index contributed by atoms with van der Waals surface area (Å²) in [5.41, 5.74) is 1.06. The van der Waals surface area contributed by atoms with Gasteiger partial charge in [-0.15, -0.1) is 11.6 Å². The Bertz CT molecular complexity index is 990. The number of fused-ring (bicyclic) bond motifs is 1. The molecule has 0 spiro atoms. The average Bonchev–Trinajstić information content (AvgIpc) is 3.29. The molecule has 26 heavy (non-hydrogen) atoms. The normalized spacial score (nSPS) is 17.2. The Morgan fingerprint density at radius 2 is 2.15 bits per heavy atom. The summed E-state index contributed by atoms with van der Waals surface area (Å²) in [6.45, 7) is 0.663. The first-order chi connectivity index (χ1) is 12.6. The number of carbonyl (C=O) groups excluding carboxylic acids is 1. The van der Waals surface area contributed by atoms with Crippen molar-refractivity contribution in [1.29, 1.82) is 0 Å². The van der Waals surface area contributed by atoms with Crippen molar-refractivity contribution in [3.63, 3.8) is 0 Å². The lowest BCUT2D eigenvalue weighted by atomic mass is 10.0. The monoisotopic (exact) mass is 376 g/mol. The molecular weight excluding hydrogens is 362 g/mol. The maximum absolute atomic E-state index is 14.2. The fourth-order valence-corrected chi connectivity index (χ4v) is 3.57. The van der Waals surface area contributed by atoms with Gasteiger partial charge in [-0.25, -0.2) is 18.3 Å². The van der Waals surface area contributed by atoms with Crippen molar-refractivity contribution in [2.45, 2.75) is 18.9 Å². The molecule has 8 heteroatoms. The number of alkyl halides is 1. The minimum Gasteiger partial charge on any atom is -0.349 e. The predicted molar refractivity (Wildman–Crippen MR) is 93.7 cm³/mol. The highest BCUT2D eigenvalue weighted by Crippen LogP contribution is 2.36. The third kappa shape index (κ3) is 2.82. The lowest BCUT2D eigenvalue weighted by molar-refractivity contribution is 0.102. The second kappa shape index (κ2) is 6.64. The number of ketones is 1. The zero-order valence-corrected chi connectivity index (χ0v) is 14.5. The van der Waals surface area contributed by atoms with Crippen molar-refractivity contribution in [2.75, 3.05) is 17.3 Å². The summed E-state index contributed by atoms with van der Waals surface area (Å²) in [6, 6.07) is 4.93. The van der Waals surface area contributed by atoms with E-state index in [-0.39, 0.29) is 17.7 Å². The zero-order valence-electron chi connectivity index (χ0n) is 13.7. The van der Waals surface area contributed by atoms with Gasteiger partial charge in [0.2, 0.25) is 0 Å². The van der Waals surface area contributed by atoms with Crippen LogP contribution < -0.4 is 4.90 Å². The van der Waals surface area contributed by atoms with Crippen LogP contribution in [0.2, 0.25) is 0 Å². The van der Waals surface area contributed by atoms with Crippen LogP contribution in [0.15, 0.2) is 36.7 Å². The highest BCUT2D eigenvalue weighted by atomic mass is 35.5. The van der Waals surface area contributed by atoms with Gasteiger partial charge >= 0.3 is 0 Å². The first kappa shape index (κ1) is 16.9. The Balaban J connectivity index is 1.76. The van der Waals surface area contributed by atoms with E-state index in [4.69, 9.17) is 11.6 Å². The van der Waals surface area contributed by atoms with Crippen LogP contribution in [0.1, 0.15) is 34.8 Å². The van der Waals surface area contributed by atoms with Gasteiger partial charge in [-0.1, -0.05) is 0 Å². The smallest absolute Gasteiger partial charge is 0.183 e. The molecule has 1 fully saturated rings. The summed E-state index contributed by atoms with van der Waals surface area (Å²) in [7, 11) is 0. The Labute approximate surface area is 153 Å². The highest BCUT2D eigenvalue weighted by Gasteiger charge is 2.30. The number of aromatic nitrogens is 3. The molecule has 0 unspecified atom stereocenters. The lowest BCUT2D eigenvalue weighted by Crippen LogP contribution is -2.24. The molecule has 1 aliphatic heterocycles. The van der Waals surface area contributed by atoms with Gasteiger partial charge in [0.25, 0.3) is 0 Å². The maximum Gasteiger partial charge on any atom is 0.183 e. The van der Waals surface area contributed by atoms with Gasteiger partial charge in [0, 0.05) is 18.3 Å². The molecule has 0 N–H and O–H groups in total. The van der Waals surface area contributed by atoms with Crippen molar-refractivity contribution in [1.82, 2.24) is 14.6 Å². The number of anilines is 1. The second-order valence-electron chi connectivity index (χ2n) is 6.19. The van der Waals surface area contributed by atoms with E-state index in [0.29, 0.717) is 35.6 Å². The van der Waals surface area contributed by atoms with Crippen LogP contribution in [0.25, 0.3) is 5.65 Å². The van der Waals surface area contributed by atoms with Crippen LogP contribution in [0.4, 0.5) is 14.6 Å². The Morgan fingerprint density at radius 1 is 1.31 bits per heavy atom. The summed E-state index contributed by atoms with van der Waals surface area (Å²) in [4.78, 5) is 18.4. The molecule has 2 aromatic heterocycles. The summed E-state index contributed by atoms with van der Waals surface area (Å²) >= 11 is 5.64. The molecule has 0 aliphatic carbocycles. The van der Waals surface area contributed by atoms with Crippen molar-refractivity contribution >= 4 is 28.8 Å². The zero-order chi connectivity index (χ0) is 18.3. The van der Waals surface area contributed by atoms with Gasteiger partial charge in [-0.3, -0.25) is 4.79 Å². The first-order valence-corrected chi connectivity index (χ1v) is 8.77. The van der Waals surface area contributed by atoms with E-state index in [2.05, 4.69) is 10.1 Å². The maximum atomic E-state index is 14.2. The van der Waals surface area contributed by atoms with Gasteiger partial charge < -0.3 is 4.90 Å². The highest BCUT2D eigenvalue weighted by molar-refractivity contribution is 6.31. The average molecular weight is 377 g/mol. The summed E-state index contributed by atoms with van der Waals surface area (Å²) < 4.78 is 29.4. The van der Waals surface area contributed by atoms with Crippen molar-refractivity contribution < 1.29 is 13.6 Å². The van der Waals surface area contributed by atoms with E-state index >= 15 is 0 Å². The lowest BCUT2D eigenvalue weighted by Gasteiger charge is -2.26. The molecule has 1 atom stereocenters. The van der Waals surface area contributed by atoms with E-state index in [0.717, 1.165) is 18.6 Å². The Morgan fingerprint density at radius 3 is 2.96 bits per heavy atom. The SMILES string of the molecule is O=C(CCl)c1cnn2ccc(N3CCC[C@@H]3c3cc(F)ccc3F)nc12. The molecule has 134 valence electrons. The minimum absolute atomic E-state index is 0.159. The molecule has 0 radical (unpaired) electrons. The van der Waals surface area contributed by atoms with Crippen LogP contribution in [0.3, 0.4) is 0 Å². The van der Waals surface area contributed by atoms with Crippen LogP contribution >= 0.6 is 11.6 Å². The number of nitrogens with zero attached hydrogens (tertiary/aromatic N) is 4. The van der Waals surface area contributed by atoms with Gasteiger partial charge in [-0.05, 0) is 37.1 Å². The molecule has 3 aromatic rings. The number of hydrogen-bond donors (Lipinski definition) is 0. The summed E-state index contributed by atoms with van der Waals surface area (Å²) in [5, 5.41) is 4.10. The molecule has 1 aliphatic rings. The summed E-state index contributed by atoms with van der Waals surface area (Å²) in [5.74, 6) is -0.740.